The molecule has 1 aromatic heterocycles. The van der Waals surface area contributed by atoms with Crippen LogP contribution in [-0.2, 0) is 9.53 Å². The minimum absolute atomic E-state index is 0.269. The van der Waals surface area contributed by atoms with Gasteiger partial charge < -0.3 is 40.1 Å². The van der Waals surface area contributed by atoms with Gasteiger partial charge in [0.15, 0.2) is 5.82 Å². The van der Waals surface area contributed by atoms with Gasteiger partial charge in [-0.25, -0.2) is 4.98 Å². The van der Waals surface area contributed by atoms with Crippen molar-refractivity contribution in [1.82, 2.24) is 19.8 Å². The summed E-state index contributed by atoms with van der Waals surface area (Å²) in [4.78, 5) is 31.2. The number of morpholine rings is 1. The predicted molar refractivity (Wildman–Crippen MR) is 184 cm³/mol. The maximum atomic E-state index is 11.9. The molecule has 3 aliphatic rings. The third-order valence-corrected chi connectivity index (χ3v) is 9.01. The molecule has 46 heavy (non-hydrogen) atoms. The number of nitrogens with one attached hydrogen (secondary N) is 3. The summed E-state index contributed by atoms with van der Waals surface area (Å²) in [6.07, 6.45) is 5.43. The average molecular weight is 628 g/mol. The van der Waals surface area contributed by atoms with Crippen molar-refractivity contribution < 1.29 is 14.3 Å². The van der Waals surface area contributed by atoms with Gasteiger partial charge in [-0.1, -0.05) is 12.6 Å². The molecule has 0 bridgehead atoms. The lowest BCUT2D eigenvalue weighted by Gasteiger charge is -2.42. The van der Waals surface area contributed by atoms with E-state index in [4.69, 9.17) is 14.5 Å². The van der Waals surface area contributed by atoms with Gasteiger partial charge in [0, 0.05) is 81.5 Å². The number of hydrogen-bond donors (Lipinski definition) is 3. The van der Waals surface area contributed by atoms with Crippen LogP contribution in [0.25, 0.3) is 0 Å². The Bertz CT molecular complexity index is 1500. The minimum atomic E-state index is -0.269. The summed E-state index contributed by atoms with van der Waals surface area (Å²) in [5.74, 6) is 1.55. The number of methoxy groups -OCH3 is 1. The number of benzene rings is 2. The van der Waals surface area contributed by atoms with E-state index >= 15 is 0 Å². The Morgan fingerprint density at radius 1 is 0.957 bits per heavy atom. The highest BCUT2D eigenvalue weighted by atomic mass is 16.5. The van der Waals surface area contributed by atoms with E-state index in [9.17, 15) is 4.79 Å². The molecule has 3 saturated heterocycles. The molecular formula is C34H45N9O3. The smallest absolute Gasteiger partial charge is 0.247 e. The molecule has 0 unspecified atom stereocenters. The number of nitrogens with zero attached hydrogens (tertiary/aromatic N) is 6. The number of rotatable bonds is 10. The van der Waals surface area contributed by atoms with Crippen LogP contribution in [0, 0.1) is 0 Å². The van der Waals surface area contributed by atoms with Crippen LogP contribution in [0.15, 0.2) is 61.3 Å². The SMILES string of the molecule is C=CC(=O)Nc1cccc(Nc2nc(Nc3ccc(N4CCC(N5CCN(C)CC5)CC4)cc3OC)ncc2N2CCOCC2)c1. The third kappa shape index (κ3) is 7.69. The van der Waals surface area contributed by atoms with Crippen molar-refractivity contribution >= 4 is 46.1 Å². The number of anilines is 7. The van der Waals surface area contributed by atoms with Crippen LogP contribution in [0.5, 0.6) is 5.75 Å². The van der Waals surface area contributed by atoms with Crippen molar-refractivity contribution in [3.8, 4) is 5.75 Å². The fourth-order valence-corrected chi connectivity index (χ4v) is 6.34. The van der Waals surface area contributed by atoms with Crippen molar-refractivity contribution in [2.75, 3.05) is 105 Å². The molecule has 6 rings (SSSR count). The van der Waals surface area contributed by atoms with Crippen LogP contribution in [0.3, 0.4) is 0 Å². The second kappa shape index (κ2) is 14.8. The van der Waals surface area contributed by atoms with Gasteiger partial charge in [-0.05, 0) is 56.3 Å². The molecule has 3 aromatic rings. The first-order valence-electron chi connectivity index (χ1n) is 16.1. The normalized spacial score (nSPS) is 18.2. The standard InChI is InChI=1S/C34H45N9O3/c1-4-32(44)36-25-6-5-7-26(22-25)37-33-30(43-18-20-46-21-19-43)24-35-34(39-33)38-29-9-8-28(23-31(29)45-3)41-12-10-27(11-13-41)42-16-14-40(2)15-17-42/h4-9,22-24,27H,1,10-21H2,2-3H3,(H,36,44)(H2,35,37,38,39). The number of piperazine rings is 1. The zero-order valence-electron chi connectivity index (χ0n) is 26.9. The summed E-state index contributed by atoms with van der Waals surface area (Å²) in [6.45, 7) is 13.0. The highest BCUT2D eigenvalue weighted by Gasteiger charge is 2.27. The molecule has 244 valence electrons. The van der Waals surface area contributed by atoms with Crippen LogP contribution < -0.4 is 30.5 Å². The van der Waals surface area contributed by atoms with E-state index in [1.54, 1.807) is 7.11 Å². The van der Waals surface area contributed by atoms with Crippen LogP contribution in [0.2, 0.25) is 0 Å². The van der Waals surface area contributed by atoms with Gasteiger partial charge in [0.2, 0.25) is 11.9 Å². The van der Waals surface area contributed by atoms with Crippen molar-refractivity contribution in [1.29, 1.82) is 0 Å². The van der Waals surface area contributed by atoms with Crippen molar-refractivity contribution in [2.45, 2.75) is 18.9 Å². The van der Waals surface area contributed by atoms with Crippen molar-refractivity contribution in [3.63, 3.8) is 0 Å². The summed E-state index contributed by atoms with van der Waals surface area (Å²) < 4.78 is 11.4. The van der Waals surface area contributed by atoms with E-state index in [2.05, 4.69) is 66.3 Å². The first-order valence-corrected chi connectivity index (χ1v) is 16.1. The van der Waals surface area contributed by atoms with Crippen molar-refractivity contribution in [2.24, 2.45) is 0 Å². The molecular weight excluding hydrogens is 582 g/mol. The molecule has 3 aliphatic heterocycles. The molecule has 0 atom stereocenters. The quantitative estimate of drug-likeness (QED) is 0.282. The highest BCUT2D eigenvalue weighted by Crippen LogP contribution is 2.35. The van der Waals surface area contributed by atoms with E-state index in [1.165, 1.54) is 32.0 Å². The first kappa shape index (κ1) is 31.6. The number of amides is 1. The Morgan fingerprint density at radius 3 is 2.46 bits per heavy atom. The Morgan fingerprint density at radius 2 is 1.72 bits per heavy atom. The fraction of sp³-hybridized carbons (Fsp3) is 0.441. The zero-order chi connectivity index (χ0) is 31.9. The first-order chi connectivity index (χ1) is 22.5. The van der Waals surface area contributed by atoms with Gasteiger partial charge in [0.05, 0.1) is 37.9 Å². The largest absolute Gasteiger partial charge is 0.494 e. The Balaban J connectivity index is 1.17. The van der Waals surface area contributed by atoms with Crippen molar-refractivity contribution in [3.05, 3.63) is 61.3 Å². The molecule has 0 spiro atoms. The highest BCUT2D eigenvalue weighted by molar-refractivity contribution is 5.99. The molecule has 0 radical (unpaired) electrons. The topological polar surface area (TPSA) is 110 Å². The summed E-state index contributed by atoms with van der Waals surface area (Å²) in [7, 11) is 3.90. The lowest BCUT2D eigenvalue weighted by Crippen LogP contribution is -2.52. The molecule has 3 fully saturated rings. The molecule has 4 heterocycles. The zero-order valence-corrected chi connectivity index (χ0v) is 26.9. The Labute approximate surface area is 271 Å². The van der Waals surface area contributed by atoms with Gasteiger partial charge in [0.1, 0.15) is 5.75 Å². The van der Waals surface area contributed by atoms with Gasteiger partial charge in [-0.2, -0.15) is 4.98 Å². The summed E-state index contributed by atoms with van der Waals surface area (Å²) in [6, 6.07) is 14.4. The van der Waals surface area contributed by atoms with Gasteiger partial charge in [-0.3, -0.25) is 9.69 Å². The van der Waals surface area contributed by atoms with E-state index in [1.807, 2.05) is 36.5 Å². The number of ether oxygens (including phenoxy) is 2. The maximum Gasteiger partial charge on any atom is 0.247 e. The molecule has 12 heteroatoms. The molecule has 12 nitrogen and oxygen atoms in total. The van der Waals surface area contributed by atoms with E-state index in [0.717, 1.165) is 67.8 Å². The molecule has 2 aromatic carbocycles. The second-order valence-corrected chi connectivity index (χ2v) is 12.0. The maximum absolute atomic E-state index is 11.9. The number of carbonyl (C=O) groups excluding carboxylic acids is 1. The summed E-state index contributed by atoms with van der Waals surface area (Å²) >= 11 is 0. The van der Waals surface area contributed by atoms with Gasteiger partial charge >= 0.3 is 0 Å². The number of piperidine rings is 1. The van der Waals surface area contributed by atoms with Crippen LogP contribution >= 0.6 is 0 Å². The Kier molecular flexibility index (Phi) is 10.2. The lowest BCUT2D eigenvalue weighted by molar-refractivity contribution is -0.111. The third-order valence-electron chi connectivity index (χ3n) is 9.01. The van der Waals surface area contributed by atoms with Gasteiger partial charge in [-0.15, -0.1) is 0 Å². The Hall–Kier alpha value is -4.39. The predicted octanol–water partition coefficient (Wildman–Crippen LogP) is 4.15. The summed E-state index contributed by atoms with van der Waals surface area (Å²) in [5.41, 5.74) is 4.26. The lowest BCUT2D eigenvalue weighted by atomic mass is 10.0. The summed E-state index contributed by atoms with van der Waals surface area (Å²) in [5, 5.41) is 9.63. The molecule has 3 N–H and O–H groups in total. The van der Waals surface area contributed by atoms with Crippen LogP contribution in [0.4, 0.5) is 40.2 Å². The van der Waals surface area contributed by atoms with E-state index in [0.29, 0.717) is 36.7 Å². The van der Waals surface area contributed by atoms with Crippen LogP contribution in [0.1, 0.15) is 12.8 Å². The van der Waals surface area contributed by atoms with E-state index < -0.39 is 0 Å². The number of hydrogen-bond acceptors (Lipinski definition) is 11. The fourth-order valence-electron chi connectivity index (χ4n) is 6.34. The number of likely N-dealkylation sites (N-methyl/N-ethyl adjacent to an activating group) is 1. The van der Waals surface area contributed by atoms with E-state index in [-0.39, 0.29) is 5.91 Å². The minimum Gasteiger partial charge on any atom is -0.494 e. The van der Waals surface area contributed by atoms with Gasteiger partial charge in [0.25, 0.3) is 0 Å². The monoisotopic (exact) mass is 627 g/mol. The number of carbonyl (C=O) groups is 1. The molecule has 0 aliphatic carbocycles. The van der Waals surface area contributed by atoms with Crippen LogP contribution in [-0.4, -0.2) is 111 Å². The average Bonchev–Trinajstić information content (AvgIpc) is 3.09. The molecule has 0 saturated carbocycles. The number of aromatic nitrogens is 2. The molecule has 1 amide bonds. The second-order valence-electron chi connectivity index (χ2n) is 12.0.